The van der Waals surface area contributed by atoms with Crippen molar-refractivity contribution in [1.29, 1.82) is 0 Å². The molecule has 2 heterocycles. The average Bonchev–Trinajstić information content (AvgIpc) is 2.84. The van der Waals surface area contributed by atoms with Gasteiger partial charge in [-0.3, -0.25) is 4.79 Å². The lowest BCUT2D eigenvalue weighted by molar-refractivity contribution is -0.133. The second kappa shape index (κ2) is 10.0. The van der Waals surface area contributed by atoms with Crippen molar-refractivity contribution in [2.75, 3.05) is 37.7 Å². The lowest BCUT2D eigenvalue weighted by Crippen LogP contribution is -2.50. The van der Waals surface area contributed by atoms with Crippen LogP contribution in [0.4, 0.5) is 5.82 Å². The van der Waals surface area contributed by atoms with Crippen LogP contribution in [-0.2, 0) is 11.2 Å². The third kappa shape index (κ3) is 5.19. The van der Waals surface area contributed by atoms with Gasteiger partial charge in [-0.1, -0.05) is 48.9 Å². The van der Waals surface area contributed by atoms with Crippen molar-refractivity contribution < 1.29 is 9.53 Å². The third-order valence-corrected chi connectivity index (χ3v) is 6.01. The largest absolute Gasteiger partial charge is 0.482 e. The summed E-state index contributed by atoms with van der Waals surface area (Å²) >= 11 is 6.15. The molecule has 1 saturated heterocycles. The number of carbonyl (C=O) groups is 1. The summed E-state index contributed by atoms with van der Waals surface area (Å²) in [6.07, 6.45) is 1.02. The molecule has 0 unspecified atom stereocenters. The number of hydrogen-bond acceptors (Lipinski definition) is 5. The molecule has 1 aromatic heterocycles. The van der Waals surface area contributed by atoms with Crippen molar-refractivity contribution in [2.24, 2.45) is 0 Å². The Kier molecular flexibility index (Phi) is 6.90. The van der Waals surface area contributed by atoms with Crippen LogP contribution in [0.1, 0.15) is 18.1 Å². The molecule has 0 aliphatic carbocycles. The van der Waals surface area contributed by atoms with Crippen molar-refractivity contribution in [2.45, 2.75) is 20.3 Å². The van der Waals surface area contributed by atoms with Gasteiger partial charge in [-0.05, 0) is 48.7 Å². The molecule has 0 spiro atoms. The minimum Gasteiger partial charge on any atom is -0.482 e. The summed E-state index contributed by atoms with van der Waals surface area (Å²) < 4.78 is 5.65. The van der Waals surface area contributed by atoms with Gasteiger partial charge < -0.3 is 14.5 Å². The molecule has 0 atom stereocenters. The number of benzene rings is 2. The van der Waals surface area contributed by atoms with E-state index in [1.807, 2.05) is 36.1 Å². The maximum absolute atomic E-state index is 12.6. The Bertz CT molecular complexity index is 1060. The van der Waals surface area contributed by atoms with E-state index in [-0.39, 0.29) is 12.5 Å². The van der Waals surface area contributed by atoms with Gasteiger partial charge in [-0.2, -0.15) is 0 Å². The molecule has 32 heavy (non-hydrogen) atoms. The molecule has 0 saturated carbocycles. The first kappa shape index (κ1) is 22.1. The molecule has 2 aromatic carbocycles. The van der Waals surface area contributed by atoms with Crippen LogP contribution in [0.15, 0.2) is 54.6 Å². The molecule has 3 aromatic rings. The standard InChI is InChI=1S/C25H27ClN4O2/c1-3-19-5-7-20(8-6-19)22-10-11-24(28-27-22)29-12-14-30(15-13-29)25(31)17-32-23-16-18(2)4-9-21(23)26/h4-11,16H,3,12-15,17H2,1-2H3. The number of anilines is 1. The number of nitrogens with zero attached hydrogens (tertiary/aromatic N) is 4. The van der Waals surface area contributed by atoms with Crippen LogP contribution in [0, 0.1) is 6.92 Å². The Morgan fingerprint density at radius 2 is 1.75 bits per heavy atom. The zero-order chi connectivity index (χ0) is 22.5. The molecule has 6 nitrogen and oxygen atoms in total. The Hall–Kier alpha value is -3.12. The number of piperazine rings is 1. The van der Waals surface area contributed by atoms with Gasteiger partial charge in [-0.25, -0.2) is 0 Å². The number of halogens is 1. The normalized spacial score (nSPS) is 13.8. The minimum atomic E-state index is -0.0424. The molecule has 1 fully saturated rings. The van der Waals surface area contributed by atoms with Crippen LogP contribution in [0.25, 0.3) is 11.3 Å². The molecule has 0 N–H and O–H groups in total. The van der Waals surface area contributed by atoms with E-state index in [0.29, 0.717) is 37.0 Å². The van der Waals surface area contributed by atoms with Gasteiger partial charge in [0.15, 0.2) is 12.4 Å². The molecular weight excluding hydrogens is 424 g/mol. The van der Waals surface area contributed by atoms with Crippen LogP contribution in [0.3, 0.4) is 0 Å². The lowest BCUT2D eigenvalue weighted by atomic mass is 10.1. The Labute approximate surface area is 193 Å². The van der Waals surface area contributed by atoms with E-state index in [9.17, 15) is 4.79 Å². The molecular formula is C25H27ClN4O2. The first-order valence-electron chi connectivity index (χ1n) is 10.9. The van der Waals surface area contributed by atoms with Crippen molar-refractivity contribution in [3.8, 4) is 17.0 Å². The first-order chi connectivity index (χ1) is 15.5. The second-order valence-electron chi connectivity index (χ2n) is 7.92. The van der Waals surface area contributed by atoms with Crippen molar-refractivity contribution in [1.82, 2.24) is 15.1 Å². The molecule has 1 aliphatic rings. The van der Waals surface area contributed by atoms with E-state index in [4.69, 9.17) is 16.3 Å². The number of carbonyl (C=O) groups excluding carboxylic acids is 1. The SMILES string of the molecule is CCc1ccc(-c2ccc(N3CCN(C(=O)COc4cc(C)ccc4Cl)CC3)nn2)cc1. The predicted octanol–water partition coefficient (Wildman–Crippen LogP) is 4.40. The lowest BCUT2D eigenvalue weighted by Gasteiger charge is -2.35. The van der Waals surface area contributed by atoms with E-state index < -0.39 is 0 Å². The fraction of sp³-hybridized carbons (Fsp3) is 0.320. The summed E-state index contributed by atoms with van der Waals surface area (Å²) in [5.74, 6) is 1.33. The highest BCUT2D eigenvalue weighted by Gasteiger charge is 2.22. The van der Waals surface area contributed by atoms with Crippen LogP contribution >= 0.6 is 11.6 Å². The van der Waals surface area contributed by atoms with E-state index in [1.165, 1.54) is 5.56 Å². The molecule has 4 rings (SSSR count). The number of aromatic nitrogens is 2. The third-order valence-electron chi connectivity index (χ3n) is 5.70. The van der Waals surface area contributed by atoms with Crippen LogP contribution < -0.4 is 9.64 Å². The van der Waals surface area contributed by atoms with Gasteiger partial charge in [0.2, 0.25) is 0 Å². The summed E-state index contributed by atoms with van der Waals surface area (Å²) in [7, 11) is 0. The zero-order valence-electron chi connectivity index (χ0n) is 18.4. The summed E-state index contributed by atoms with van der Waals surface area (Å²) in [4.78, 5) is 16.5. The average molecular weight is 451 g/mol. The Balaban J connectivity index is 1.30. The zero-order valence-corrected chi connectivity index (χ0v) is 19.2. The second-order valence-corrected chi connectivity index (χ2v) is 8.32. The van der Waals surface area contributed by atoms with Crippen LogP contribution in [0.5, 0.6) is 5.75 Å². The molecule has 0 bridgehead atoms. The highest BCUT2D eigenvalue weighted by molar-refractivity contribution is 6.32. The summed E-state index contributed by atoms with van der Waals surface area (Å²) in [6, 6.07) is 17.9. The van der Waals surface area contributed by atoms with E-state index in [2.05, 4.69) is 46.3 Å². The number of ether oxygens (including phenoxy) is 1. The highest BCUT2D eigenvalue weighted by Crippen LogP contribution is 2.25. The van der Waals surface area contributed by atoms with Gasteiger partial charge in [0, 0.05) is 31.7 Å². The fourth-order valence-electron chi connectivity index (χ4n) is 3.70. The molecule has 166 valence electrons. The van der Waals surface area contributed by atoms with Crippen LogP contribution in [-0.4, -0.2) is 53.8 Å². The van der Waals surface area contributed by atoms with Gasteiger partial charge >= 0.3 is 0 Å². The number of aryl methyl sites for hydroxylation is 2. The quantitative estimate of drug-likeness (QED) is 0.557. The maximum atomic E-state index is 12.6. The van der Waals surface area contributed by atoms with Crippen LogP contribution in [0.2, 0.25) is 5.02 Å². The van der Waals surface area contributed by atoms with E-state index in [1.54, 1.807) is 6.07 Å². The molecule has 7 heteroatoms. The van der Waals surface area contributed by atoms with Crippen molar-refractivity contribution in [3.05, 3.63) is 70.7 Å². The van der Waals surface area contributed by atoms with Gasteiger partial charge in [0.25, 0.3) is 5.91 Å². The Morgan fingerprint density at radius 1 is 1.00 bits per heavy atom. The van der Waals surface area contributed by atoms with Gasteiger partial charge in [-0.15, -0.1) is 10.2 Å². The van der Waals surface area contributed by atoms with Gasteiger partial charge in [0.05, 0.1) is 10.7 Å². The summed E-state index contributed by atoms with van der Waals surface area (Å²) in [6.45, 7) is 6.73. The first-order valence-corrected chi connectivity index (χ1v) is 11.3. The van der Waals surface area contributed by atoms with E-state index in [0.717, 1.165) is 29.1 Å². The number of amides is 1. The van der Waals surface area contributed by atoms with Gasteiger partial charge in [0.1, 0.15) is 5.75 Å². The summed E-state index contributed by atoms with van der Waals surface area (Å²) in [5.41, 5.74) is 4.26. The fourth-order valence-corrected chi connectivity index (χ4v) is 3.87. The Morgan fingerprint density at radius 3 is 2.41 bits per heavy atom. The molecule has 0 radical (unpaired) electrons. The van der Waals surface area contributed by atoms with Crippen molar-refractivity contribution >= 4 is 23.3 Å². The highest BCUT2D eigenvalue weighted by atomic mass is 35.5. The number of hydrogen-bond donors (Lipinski definition) is 0. The summed E-state index contributed by atoms with van der Waals surface area (Å²) in [5, 5.41) is 9.34. The topological polar surface area (TPSA) is 58.6 Å². The smallest absolute Gasteiger partial charge is 0.260 e. The number of rotatable bonds is 6. The minimum absolute atomic E-state index is 0.0193. The molecule has 1 amide bonds. The van der Waals surface area contributed by atoms with Crippen molar-refractivity contribution in [3.63, 3.8) is 0 Å². The predicted molar refractivity (Wildman–Crippen MR) is 127 cm³/mol. The van der Waals surface area contributed by atoms with E-state index >= 15 is 0 Å². The monoisotopic (exact) mass is 450 g/mol. The molecule has 1 aliphatic heterocycles. The maximum Gasteiger partial charge on any atom is 0.260 e.